The highest BCUT2D eigenvalue weighted by Crippen LogP contribution is 2.27. The van der Waals surface area contributed by atoms with E-state index in [1.54, 1.807) is 6.20 Å². The van der Waals surface area contributed by atoms with Gasteiger partial charge in [-0.25, -0.2) is 0 Å². The number of para-hydroxylation sites is 1. The fraction of sp³-hybridized carbons (Fsp3) is 0.118. The molecule has 4 rings (SSSR count). The van der Waals surface area contributed by atoms with Gasteiger partial charge in [0, 0.05) is 28.9 Å². The molecule has 23 heavy (non-hydrogen) atoms. The largest absolute Gasteiger partial charge is 0.360 e. The number of nitrogens with zero attached hydrogens (tertiary/aromatic N) is 3. The van der Waals surface area contributed by atoms with Crippen molar-refractivity contribution in [2.45, 2.75) is 17.3 Å². The average molecular weight is 322 g/mol. The van der Waals surface area contributed by atoms with Crippen LogP contribution in [0.5, 0.6) is 0 Å². The van der Waals surface area contributed by atoms with Crippen molar-refractivity contribution in [2.24, 2.45) is 0 Å². The minimum atomic E-state index is -0.248. The van der Waals surface area contributed by atoms with Crippen LogP contribution in [-0.2, 0) is 0 Å². The Kier molecular flexibility index (Phi) is 3.38. The zero-order chi connectivity index (χ0) is 15.8. The third-order valence-electron chi connectivity index (χ3n) is 3.79. The summed E-state index contributed by atoms with van der Waals surface area (Å²) in [4.78, 5) is 15.9. The van der Waals surface area contributed by atoms with E-state index in [0.717, 1.165) is 27.3 Å². The molecule has 1 atom stereocenters. The van der Waals surface area contributed by atoms with Crippen molar-refractivity contribution in [3.05, 3.63) is 60.4 Å². The van der Waals surface area contributed by atoms with Crippen LogP contribution in [0.25, 0.3) is 16.6 Å². The molecule has 0 unspecified atom stereocenters. The second-order valence-corrected chi connectivity index (χ2v) is 6.59. The minimum absolute atomic E-state index is 0.0835. The van der Waals surface area contributed by atoms with Gasteiger partial charge in [0.15, 0.2) is 16.6 Å². The van der Waals surface area contributed by atoms with Gasteiger partial charge in [0.05, 0.1) is 5.25 Å². The highest BCUT2D eigenvalue weighted by atomic mass is 32.2. The number of rotatable bonds is 4. The van der Waals surface area contributed by atoms with E-state index in [2.05, 4.69) is 15.2 Å². The summed E-state index contributed by atoms with van der Waals surface area (Å²) < 4.78 is 1.89. The van der Waals surface area contributed by atoms with Crippen molar-refractivity contribution >= 4 is 34.1 Å². The molecule has 0 fully saturated rings. The van der Waals surface area contributed by atoms with E-state index in [1.165, 1.54) is 11.8 Å². The highest BCUT2D eigenvalue weighted by Gasteiger charge is 2.21. The molecular weight excluding hydrogens is 308 g/mol. The molecule has 0 aliphatic heterocycles. The van der Waals surface area contributed by atoms with Gasteiger partial charge in [-0.3, -0.25) is 9.20 Å². The molecule has 0 saturated carbocycles. The van der Waals surface area contributed by atoms with Crippen LogP contribution in [0.1, 0.15) is 17.3 Å². The molecule has 1 N–H and O–H groups in total. The summed E-state index contributed by atoms with van der Waals surface area (Å²) in [6.45, 7) is 1.90. The Morgan fingerprint density at radius 2 is 2.00 bits per heavy atom. The maximum Gasteiger partial charge on any atom is 0.196 e. The number of aromatic nitrogens is 4. The van der Waals surface area contributed by atoms with Crippen LogP contribution in [0.2, 0.25) is 0 Å². The first-order valence-electron chi connectivity index (χ1n) is 7.31. The minimum Gasteiger partial charge on any atom is -0.360 e. The Balaban J connectivity index is 1.64. The lowest BCUT2D eigenvalue weighted by Gasteiger charge is -2.08. The van der Waals surface area contributed by atoms with Gasteiger partial charge in [-0.1, -0.05) is 36.0 Å². The molecule has 5 nitrogen and oxygen atoms in total. The molecule has 0 spiro atoms. The Hall–Kier alpha value is -2.60. The average Bonchev–Trinajstić information content (AvgIpc) is 3.19. The van der Waals surface area contributed by atoms with Crippen LogP contribution in [0.3, 0.4) is 0 Å². The van der Waals surface area contributed by atoms with Gasteiger partial charge in [0.2, 0.25) is 0 Å². The fourth-order valence-corrected chi connectivity index (χ4v) is 3.51. The number of Topliss-reactive ketones (excluding diaryl/α,β-unsaturated/α-hetero) is 1. The van der Waals surface area contributed by atoms with Crippen LogP contribution in [0.15, 0.2) is 60.0 Å². The molecule has 0 saturated heterocycles. The second kappa shape index (κ2) is 5.55. The quantitative estimate of drug-likeness (QED) is 0.461. The van der Waals surface area contributed by atoms with E-state index in [9.17, 15) is 4.79 Å². The van der Waals surface area contributed by atoms with E-state index in [1.807, 2.05) is 60.0 Å². The monoisotopic (exact) mass is 322 g/mol. The van der Waals surface area contributed by atoms with Gasteiger partial charge >= 0.3 is 0 Å². The first-order valence-corrected chi connectivity index (χ1v) is 8.19. The number of pyridine rings is 1. The number of thioether (sulfide) groups is 1. The lowest BCUT2D eigenvalue weighted by molar-refractivity contribution is 0.0995. The number of carbonyl (C=O) groups is 1. The molecule has 1 aromatic carbocycles. The van der Waals surface area contributed by atoms with Gasteiger partial charge < -0.3 is 4.98 Å². The van der Waals surface area contributed by atoms with Crippen molar-refractivity contribution in [2.75, 3.05) is 0 Å². The Morgan fingerprint density at radius 1 is 1.17 bits per heavy atom. The molecule has 0 aliphatic carbocycles. The summed E-state index contributed by atoms with van der Waals surface area (Å²) in [5.41, 5.74) is 2.47. The molecule has 0 radical (unpaired) electrons. The summed E-state index contributed by atoms with van der Waals surface area (Å²) >= 11 is 1.42. The van der Waals surface area contributed by atoms with Crippen LogP contribution in [0.4, 0.5) is 0 Å². The molecule has 3 heterocycles. The number of carbonyl (C=O) groups excluding carboxylic acids is 1. The number of ketones is 1. The van der Waals surface area contributed by atoms with Gasteiger partial charge in [-0.15, -0.1) is 10.2 Å². The highest BCUT2D eigenvalue weighted by molar-refractivity contribution is 8.00. The Labute approximate surface area is 136 Å². The van der Waals surface area contributed by atoms with Crippen LogP contribution in [-0.4, -0.2) is 30.6 Å². The molecule has 0 bridgehead atoms. The molecule has 114 valence electrons. The number of aromatic amines is 1. The van der Waals surface area contributed by atoms with E-state index < -0.39 is 0 Å². The number of nitrogens with one attached hydrogen (secondary N) is 1. The Morgan fingerprint density at radius 3 is 2.91 bits per heavy atom. The normalized spacial score (nSPS) is 12.7. The fourth-order valence-electron chi connectivity index (χ4n) is 2.61. The maximum absolute atomic E-state index is 12.8. The molecule has 3 aromatic heterocycles. The molecule has 6 heteroatoms. The number of H-pyrrole nitrogens is 1. The number of hydrogen-bond acceptors (Lipinski definition) is 4. The van der Waals surface area contributed by atoms with Crippen molar-refractivity contribution in [1.82, 2.24) is 19.6 Å². The maximum atomic E-state index is 12.8. The molecule has 0 aliphatic rings. The SMILES string of the molecule is C[C@H](Sc1nnc2ccccn12)C(=O)c1c[nH]c2ccccc12. The number of hydrogen-bond donors (Lipinski definition) is 1. The van der Waals surface area contributed by atoms with Gasteiger partial charge in [-0.2, -0.15) is 0 Å². The van der Waals surface area contributed by atoms with E-state index in [0.29, 0.717) is 0 Å². The van der Waals surface area contributed by atoms with Crippen molar-refractivity contribution < 1.29 is 4.79 Å². The van der Waals surface area contributed by atoms with Crippen LogP contribution >= 0.6 is 11.8 Å². The van der Waals surface area contributed by atoms with Crippen LogP contribution in [0, 0.1) is 0 Å². The predicted octanol–water partition coefficient (Wildman–Crippen LogP) is 3.57. The summed E-state index contributed by atoms with van der Waals surface area (Å²) in [5.74, 6) is 0.0835. The molecular formula is C17H14N4OS. The zero-order valence-electron chi connectivity index (χ0n) is 12.4. The Bertz CT molecular complexity index is 1000. The van der Waals surface area contributed by atoms with E-state index in [4.69, 9.17) is 0 Å². The number of benzene rings is 1. The lowest BCUT2D eigenvalue weighted by Crippen LogP contribution is -2.13. The molecule has 0 amide bonds. The van der Waals surface area contributed by atoms with Crippen LogP contribution < -0.4 is 0 Å². The summed E-state index contributed by atoms with van der Waals surface area (Å²) in [6, 6.07) is 13.6. The summed E-state index contributed by atoms with van der Waals surface area (Å²) in [6.07, 6.45) is 3.69. The second-order valence-electron chi connectivity index (χ2n) is 5.28. The third-order valence-corrected chi connectivity index (χ3v) is 4.85. The summed E-state index contributed by atoms with van der Waals surface area (Å²) in [5, 5.41) is 9.73. The first-order chi connectivity index (χ1) is 11.2. The first kappa shape index (κ1) is 14.0. The van der Waals surface area contributed by atoms with Crippen molar-refractivity contribution in [3.8, 4) is 0 Å². The van der Waals surface area contributed by atoms with Gasteiger partial charge in [-0.05, 0) is 25.1 Å². The topological polar surface area (TPSA) is 63.1 Å². The third kappa shape index (κ3) is 2.41. The summed E-state index contributed by atoms with van der Waals surface area (Å²) in [7, 11) is 0. The number of fused-ring (bicyclic) bond motifs is 2. The molecule has 4 aromatic rings. The van der Waals surface area contributed by atoms with E-state index in [-0.39, 0.29) is 11.0 Å². The van der Waals surface area contributed by atoms with Crippen molar-refractivity contribution in [1.29, 1.82) is 0 Å². The van der Waals surface area contributed by atoms with Gasteiger partial charge in [0.25, 0.3) is 0 Å². The standard InChI is InChI=1S/C17H14N4OS/c1-11(23-17-20-19-15-8-4-5-9-21(15)17)16(22)13-10-18-14-7-3-2-6-12(13)14/h2-11,18H,1H3/t11-/m0/s1. The van der Waals surface area contributed by atoms with Crippen molar-refractivity contribution in [3.63, 3.8) is 0 Å². The van der Waals surface area contributed by atoms with E-state index >= 15 is 0 Å². The zero-order valence-corrected chi connectivity index (χ0v) is 13.2. The smallest absolute Gasteiger partial charge is 0.196 e. The van der Waals surface area contributed by atoms with Gasteiger partial charge in [0.1, 0.15) is 0 Å². The lowest BCUT2D eigenvalue weighted by atomic mass is 10.1. The predicted molar refractivity (Wildman–Crippen MR) is 90.9 cm³/mol.